The summed E-state index contributed by atoms with van der Waals surface area (Å²) >= 11 is 17.2. The molecule has 0 bridgehead atoms. The van der Waals surface area contributed by atoms with Crippen molar-refractivity contribution in [1.82, 2.24) is 0 Å². The maximum atomic E-state index is 11.2. The Morgan fingerprint density at radius 2 is 1.55 bits per heavy atom. The van der Waals surface area contributed by atoms with Gasteiger partial charge in [-0.15, -0.1) is 0 Å². The Morgan fingerprint density at radius 3 is 2.00 bits per heavy atom. The quantitative estimate of drug-likeness (QED) is 0.520. The van der Waals surface area contributed by atoms with E-state index in [1.54, 1.807) is 0 Å². The Bertz CT molecular complexity index is 669. The third kappa shape index (κ3) is 4.52. The monoisotopic (exact) mass is 368 g/mol. The second-order valence-electron chi connectivity index (χ2n) is 3.78. The van der Waals surface area contributed by atoms with E-state index in [9.17, 15) is 14.4 Å². The molecule has 0 radical (unpaired) electrons. The lowest BCUT2D eigenvalue weighted by Crippen LogP contribution is -2.33. The van der Waals surface area contributed by atoms with E-state index in [1.807, 2.05) is 0 Å². The molecule has 1 atom stereocenters. The van der Waals surface area contributed by atoms with Crippen molar-refractivity contribution in [3.63, 3.8) is 0 Å². The zero-order valence-corrected chi connectivity index (χ0v) is 12.7. The third-order valence-electron chi connectivity index (χ3n) is 2.25. The van der Waals surface area contributed by atoms with Gasteiger partial charge in [-0.05, 0) is 6.07 Å². The van der Waals surface area contributed by atoms with Crippen LogP contribution in [0.2, 0.25) is 15.1 Å². The smallest absolute Gasteiger partial charge is 0.349 e. The molecule has 1 unspecified atom stereocenters. The lowest BCUT2D eigenvalue weighted by Gasteiger charge is -2.17. The van der Waals surface area contributed by atoms with Crippen LogP contribution in [0.25, 0.3) is 0 Å². The third-order valence-corrected chi connectivity index (χ3v) is 3.27. The van der Waals surface area contributed by atoms with Gasteiger partial charge in [-0.2, -0.15) is 0 Å². The molecule has 0 saturated carbocycles. The molecule has 0 aromatic heterocycles. The van der Waals surface area contributed by atoms with E-state index >= 15 is 0 Å². The van der Waals surface area contributed by atoms with E-state index < -0.39 is 29.6 Å². The lowest BCUT2D eigenvalue weighted by atomic mass is 10.1. The Hall–Kier alpha value is -1.96. The summed E-state index contributed by atoms with van der Waals surface area (Å²) in [5, 5.41) is 26.5. The maximum absolute atomic E-state index is 11.2. The highest BCUT2D eigenvalue weighted by Gasteiger charge is 2.31. The molecule has 1 rings (SSSR count). The number of carbonyl (C=O) groups is 3. The number of rotatable bonds is 6. The molecular formula is C12H7Cl3O7. The van der Waals surface area contributed by atoms with E-state index in [0.29, 0.717) is 0 Å². The molecule has 0 heterocycles. The number of ether oxygens (including phenoxy) is 1. The van der Waals surface area contributed by atoms with Crippen molar-refractivity contribution in [2.45, 2.75) is 6.10 Å². The number of hydrogen-bond acceptors (Lipinski definition) is 4. The van der Waals surface area contributed by atoms with Crippen LogP contribution in [0.5, 0.6) is 5.75 Å². The summed E-state index contributed by atoms with van der Waals surface area (Å²) in [6, 6.07) is 2.25. The SMILES string of the molecule is O=C(O)C=C(C(=O)O)C(Oc1cc(Cl)c(Cl)cc1Cl)C(=O)O. The molecule has 1 aromatic rings. The molecule has 0 aliphatic carbocycles. The Morgan fingerprint density at radius 1 is 1.00 bits per heavy atom. The van der Waals surface area contributed by atoms with Crippen molar-refractivity contribution in [3.8, 4) is 5.75 Å². The van der Waals surface area contributed by atoms with Crippen molar-refractivity contribution < 1.29 is 34.4 Å². The zero-order chi connectivity index (χ0) is 17.0. The van der Waals surface area contributed by atoms with Gasteiger partial charge in [0.15, 0.2) is 0 Å². The molecule has 3 N–H and O–H groups in total. The normalized spacial score (nSPS) is 12.6. The van der Waals surface area contributed by atoms with Crippen LogP contribution in [0, 0.1) is 0 Å². The summed E-state index contributed by atoms with van der Waals surface area (Å²) in [6.07, 6.45) is -1.89. The van der Waals surface area contributed by atoms with Gasteiger partial charge in [0.25, 0.3) is 0 Å². The van der Waals surface area contributed by atoms with Gasteiger partial charge >= 0.3 is 17.9 Å². The minimum atomic E-state index is -2.11. The predicted octanol–water partition coefficient (Wildman–Crippen LogP) is 2.57. The van der Waals surface area contributed by atoms with Gasteiger partial charge in [-0.3, -0.25) is 0 Å². The summed E-state index contributed by atoms with van der Waals surface area (Å²) in [4.78, 5) is 32.8. The van der Waals surface area contributed by atoms with E-state index in [2.05, 4.69) is 0 Å². The number of carboxylic acids is 3. The minimum Gasteiger partial charge on any atom is -0.478 e. The van der Waals surface area contributed by atoms with Crippen LogP contribution in [0.1, 0.15) is 0 Å². The summed E-state index contributed by atoms with van der Waals surface area (Å²) < 4.78 is 4.98. The second-order valence-corrected chi connectivity index (χ2v) is 5.00. The average molecular weight is 370 g/mol. The average Bonchev–Trinajstić information content (AvgIpc) is 2.38. The first-order valence-corrected chi connectivity index (χ1v) is 6.48. The van der Waals surface area contributed by atoms with Crippen molar-refractivity contribution in [2.24, 2.45) is 0 Å². The lowest BCUT2D eigenvalue weighted by molar-refractivity contribution is -0.146. The minimum absolute atomic E-state index is 0.00991. The van der Waals surface area contributed by atoms with Crippen LogP contribution in [0.4, 0.5) is 0 Å². The van der Waals surface area contributed by atoms with Gasteiger partial charge in [0.1, 0.15) is 5.75 Å². The molecule has 10 heteroatoms. The molecule has 0 aliphatic rings. The first-order chi connectivity index (χ1) is 10.1. The molecule has 0 fully saturated rings. The van der Waals surface area contributed by atoms with E-state index in [-0.39, 0.29) is 26.9 Å². The summed E-state index contributed by atoms with van der Waals surface area (Å²) in [6.45, 7) is 0. The van der Waals surface area contributed by atoms with Gasteiger partial charge in [0, 0.05) is 12.1 Å². The highest BCUT2D eigenvalue weighted by Crippen LogP contribution is 2.35. The van der Waals surface area contributed by atoms with E-state index in [0.717, 1.165) is 6.07 Å². The van der Waals surface area contributed by atoms with Gasteiger partial charge < -0.3 is 20.1 Å². The molecule has 1 aromatic carbocycles. The van der Waals surface area contributed by atoms with Crippen LogP contribution in [-0.2, 0) is 14.4 Å². The highest BCUT2D eigenvalue weighted by atomic mass is 35.5. The van der Waals surface area contributed by atoms with Gasteiger partial charge in [-0.25, -0.2) is 14.4 Å². The van der Waals surface area contributed by atoms with Crippen LogP contribution < -0.4 is 4.74 Å². The Labute approximate surface area is 138 Å². The molecule has 0 spiro atoms. The summed E-state index contributed by atoms with van der Waals surface area (Å²) in [7, 11) is 0. The number of benzene rings is 1. The molecular weight excluding hydrogens is 362 g/mol. The second kappa shape index (κ2) is 7.35. The first-order valence-electron chi connectivity index (χ1n) is 5.35. The van der Waals surface area contributed by atoms with Crippen LogP contribution >= 0.6 is 34.8 Å². The largest absolute Gasteiger partial charge is 0.478 e. The van der Waals surface area contributed by atoms with Gasteiger partial charge in [-0.1, -0.05) is 34.8 Å². The molecule has 0 aliphatic heterocycles. The predicted molar refractivity (Wildman–Crippen MR) is 76.9 cm³/mol. The fraction of sp³-hybridized carbons (Fsp3) is 0.0833. The molecule has 7 nitrogen and oxygen atoms in total. The molecule has 0 amide bonds. The summed E-state index contributed by atoms with van der Waals surface area (Å²) in [5.41, 5.74) is -0.998. The number of aliphatic carboxylic acids is 3. The Balaban J connectivity index is 3.28. The summed E-state index contributed by atoms with van der Waals surface area (Å²) in [5.74, 6) is -5.41. The fourth-order valence-electron chi connectivity index (χ4n) is 1.35. The zero-order valence-electron chi connectivity index (χ0n) is 10.4. The number of halogens is 3. The molecule has 118 valence electrons. The first kappa shape index (κ1) is 18.1. The Kier molecular flexibility index (Phi) is 6.04. The van der Waals surface area contributed by atoms with E-state index in [1.165, 1.54) is 6.07 Å². The maximum Gasteiger partial charge on any atom is 0.349 e. The topological polar surface area (TPSA) is 121 Å². The molecule has 0 saturated heterocycles. The molecule has 22 heavy (non-hydrogen) atoms. The van der Waals surface area contributed by atoms with Crippen molar-refractivity contribution in [2.75, 3.05) is 0 Å². The fourth-order valence-corrected chi connectivity index (χ4v) is 1.93. The van der Waals surface area contributed by atoms with Crippen molar-refractivity contribution in [1.29, 1.82) is 0 Å². The van der Waals surface area contributed by atoms with Crippen LogP contribution in [0.3, 0.4) is 0 Å². The number of carboxylic acid groups (broad SMARTS) is 3. The van der Waals surface area contributed by atoms with Crippen molar-refractivity contribution >= 4 is 52.7 Å². The van der Waals surface area contributed by atoms with Crippen molar-refractivity contribution in [3.05, 3.63) is 38.8 Å². The van der Waals surface area contributed by atoms with E-state index in [4.69, 9.17) is 54.9 Å². The highest BCUT2D eigenvalue weighted by molar-refractivity contribution is 6.43. The standard InChI is InChI=1S/C12H7Cl3O7/c13-5-2-7(15)8(3-6(5)14)22-10(12(20)21)4(11(18)19)1-9(16)17/h1-3,10H,(H,16,17)(H,18,19)(H,20,21). The van der Waals surface area contributed by atoms with Gasteiger partial charge in [0.05, 0.1) is 20.6 Å². The van der Waals surface area contributed by atoms with Crippen LogP contribution in [0.15, 0.2) is 23.8 Å². The van der Waals surface area contributed by atoms with Gasteiger partial charge in [0.2, 0.25) is 6.10 Å². The number of hydrogen-bond donors (Lipinski definition) is 3. The van der Waals surface area contributed by atoms with Crippen LogP contribution in [-0.4, -0.2) is 39.3 Å².